The van der Waals surface area contributed by atoms with Gasteiger partial charge < -0.3 is 3.07 Å². The number of allylic oxidation sites excluding steroid dienone is 2. The molecule has 3 atom stereocenters. The molecule has 0 amide bonds. The summed E-state index contributed by atoms with van der Waals surface area (Å²) in [5.74, 6) is 0.986. The molecule has 0 aromatic rings. The van der Waals surface area contributed by atoms with Crippen molar-refractivity contribution in [1.29, 1.82) is 0 Å². The second kappa shape index (κ2) is 2.72. The zero-order chi connectivity index (χ0) is 8.77. The van der Waals surface area contributed by atoms with E-state index in [1.165, 1.54) is 0 Å². The molecule has 1 saturated carbocycles. The molecular weight excluding hydrogens is 267 g/mol. The van der Waals surface area contributed by atoms with Gasteiger partial charge in [0.25, 0.3) is 0 Å². The monoisotopic (exact) mass is 278 g/mol. The average molecular weight is 278 g/mol. The van der Waals surface area contributed by atoms with Crippen molar-refractivity contribution in [1.82, 2.24) is 0 Å². The fraction of sp³-hybridized carbons (Fsp3) is 0.667. The third-order valence-electron chi connectivity index (χ3n) is 3.21. The molecule has 2 bridgehead atoms. The molecule has 0 spiro atoms. The van der Waals surface area contributed by atoms with Gasteiger partial charge in [-0.25, -0.2) is 0 Å². The van der Waals surface area contributed by atoms with Crippen LogP contribution in [0.15, 0.2) is 12.2 Å². The van der Waals surface area contributed by atoms with Crippen LogP contribution in [-0.4, -0.2) is 5.97 Å². The van der Waals surface area contributed by atoms with E-state index >= 15 is 0 Å². The lowest BCUT2D eigenvalue weighted by Crippen LogP contribution is -2.31. The van der Waals surface area contributed by atoms with E-state index < -0.39 is 0 Å². The maximum Gasteiger partial charge on any atom is 0.321 e. The zero-order valence-corrected chi connectivity index (χ0v) is 9.08. The van der Waals surface area contributed by atoms with Crippen LogP contribution in [0, 0.1) is 17.3 Å². The highest BCUT2D eigenvalue weighted by atomic mass is 127. The van der Waals surface area contributed by atoms with E-state index in [4.69, 9.17) is 3.07 Å². The van der Waals surface area contributed by atoms with Crippen LogP contribution in [0.3, 0.4) is 0 Å². The predicted octanol–water partition coefficient (Wildman–Crippen LogP) is 2.48. The minimum Gasteiger partial charge on any atom is -0.394 e. The molecule has 0 N–H and O–H groups in total. The van der Waals surface area contributed by atoms with Gasteiger partial charge in [-0.2, -0.15) is 0 Å². The molecule has 12 heavy (non-hydrogen) atoms. The van der Waals surface area contributed by atoms with Gasteiger partial charge in [-0.1, -0.05) is 12.2 Å². The minimum absolute atomic E-state index is 0.0556. The summed E-state index contributed by atoms with van der Waals surface area (Å²) in [6.45, 7) is 2.02. The first-order valence-corrected chi connectivity index (χ1v) is 5.06. The second-order valence-electron chi connectivity index (χ2n) is 3.97. The molecule has 0 aromatic heterocycles. The smallest absolute Gasteiger partial charge is 0.321 e. The van der Waals surface area contributed by atoms with Crippen molar-refractivity contribution in [2.45, 2.75) is 19.8 Å². The molecule has 0 saturated heterocycles. The van der Waals surface area contributed by atoms with Crippen molar-refractivity contribution in [3.8, 4) is 0 Å². The average Bonchev–Trinajstić information content (AvgIpc) is 2.62. The fourth-order valence-corrected chi connectivity index (χ4v) is 2.92. The summed E-state index contributed by atoms with van der Waals surface area (Å²) in [5, 5.41) is 0. The van der Waals surface area contributed by atoms with Crippen molar-refractivity contribution in [2.75, 3.05) is 0 Å². The lowest BCUT2D eigenvalue weighted by Gasteiger charge is -2.27. The van der Waals surface area contributed by atoms with Crippen LogP contribution in [0.25, 0.3) is 0 Å². The van der Waals surface area contributed by atoms with Crippen LogP contribution >= 0.6 is 23.0 Å². The van der Waals surface area contributed by atoms with Gasteiger partial charge in [-0.05, 0) is 31.6 Å². The maximum absolute atomic E-state index is 11.5. The first-order valence-electron chi connectivity index (χ1n) is 4.18. The Morgan fingerprint density at radius 1 is 1.67 bits per heavy atom. The standard InChI is InChI=1S/C9H11IO2/c1-9(8(11)12-10)5-6-2-3-7(9)4-6/h2-3,6-7H,4-5H2,1H3. The van der Waals surface area contributed by atoms with Gasteiger partial charge in [-0.15, -0.1) is 0 Å². The summed E-state index contributed by atoms with van der Waals surface area (Å²) in [7, 11) is 0. The normalized spacial score (nSPS) is 43.5. The highest BCUT2D eigenvalue weighted by Gasteiger charge is 2.50. The Balaban J connectivity index is 2.23. The molecule has 3 heteroatoms. The van der Waals surface area contributed by atoms with E-state index in [1.54, 1.807) is 23.0 Å². The van der Waals surface area contributed by atoms with Gasteiger partial charge >= 0.3 is 5.97 Å². The fourth-order valence-electron chi connectivity index (χ4n) is 2.42. The highest BCUT2D eigenvalue weighted by Crippen LogP contribution is 2.52. The summed E-state index contributed by atoms with van der Waals surface area (Å²) < 4.78 is 4.79. The van der Waals surface area contributed by atoms with Crippen LogP contribution in [0.4, 0.5) is 0 Å². The Morgan fingerprint density at radius 3 is 2.83 bits per heavy atom. The first-order chi connectivity index (χ1) is 5.66. The summed E-state index contributed by atoms with van der Waals surface area (Å²) in [6, 6.07) is 0. The molecule has 3 unspecified atom stereocenters. The van der Waals surface area contributed by atoms with Crippen molar-refractivity contribution in [3.05, 3.63) is 12.2 Å². The van der Waals surface area contributed by atoms with Crippen molar-refractivity contribution in [3.63, 3.8) is 0 Å². The summed E-state index contributed by atoms with van der Waals surface area (Å²) in [6.07, 6.45) is 6.51. The van der Waals surface area contributed by atoms with Crippen LogP contribution in [0.1, 0.15) is 19.8 Å². The Labute approximate surface area is 86.0 Å². The minimum atomic E-state index is -0.236. The van der Waals surface area contributed by atoms with Crippen LogP contribution < -0.4 is 0 Å². The second-order valence-corrected chi connectivity index (χ2v) is 4.41. The third kappa shape index (κ3) is 1.02. The van der Waals surface area contributed by atoms with Gasteiger partial charge in [0.15, 0.2) is 23.0 Å². The molecule has 0 aliphatic heterocycles. The number of fused-ring (bicyclic) bond motifs is 2. The molecule has 66 valence electrons. The Bertz CT molecular complexity index is 249. The van der Waals surface area contributed by atoms with Crippen LogP contribution in [-0.2, 0) is 7.86 Å². The number of hydrogen-bond donors (Lipinski definition) is 0. The van der Waals surface area contributed by atoms with E-state index in [0.717, 1.165) is 12.8 Å². The van der Waals surface area contributed by atoms with E-state index in [2.05, 4.69) is 12.2 Å². The molecule has 0 heterocycles. The lowest BCUT2D eigenvalue weighted by atomic mass is 9.78. The SMILES string of the molecule is CC1(C(=O)OI)CC2C=CC1C2. The van der Waals surface area contributed by atoms with Crippen molar-refractivity contribution in [2.24, 2.45) is 17.3 Å². The number of carbonyl (C=O) groups excluding carboxylic acids is 1. The van der Waals surface area contributed by atoms with E-state index in [9.17, 15) is 4.79 Å². The number of hydrogen-bond acceptors (Lipinski definition) is 2. The molecule has 0 radical (unpaired) electrons. The molecular formula is C9H11IO2. The quantitative estimate of drug-likeness (QED) is 0.544. The van der Waals surface area contributed by atoms with Gasteiger partial charge in [0.2, 0.25) is 0 Å². The first kappa shape index (κ1) is 8.53. The number of rotatable bonds is 1. The summed E-state index contributed by atoms with van der Waals surface area (Å²) in [4.78, 5) is 11.5. The maximum atomic E-state index is 11.5. The highest BCUT2D eigenvalue weighted by molar-refractivity contribution is 14.1. The van der Waals surface area contributed by atoms with Crippen molar-refractivity contribution < 1.29 is 7.86 Å². The van der Waals surface area contributed by atoms with Gasteiger partial charge in [-0.3, -0.25) is 4.79 Å². The zero-order valence-electron chi connectivity index (χ0n) is 6.92. The summed E-state index contributed by atoms with van der Waals surface area (Å²) >= 11 is 1.68. The van der Waals surface area contributed by atoms with E-state index in [1.807, 2.05) is 6.92 Å². The van der Waals surface area contributed by atoms with Gasteiger partial charge in [0.1, 0.15) is 0 Å². The number of carbonyl (C=O) groups is 1. The predicted molar refractivity (Wildman–Crippen MR) is 53.6 cm³/mol. The number of halogens is 1. The van der Waals surface area contributed by atoms with Gasteiger partial charge in [0.05, 0.1) is 5.41 Å². The van der Waals surface area contributed by atoms with Gasteiger partial charge in [0, 0.05) is 0 Å². The van der Waals surface area contributed by atoms with E-state index in [-0.39, 0.29) is 11.4 Å². The molecule has 1 fully saturated rings. The molecule has 2 aliphatic carbocycles. The topological polar surface area (TPSA) is 26.3 Å². The third-order valence-corrected chi connectivity index (χ3v) is 3.61. The Kier molecular flexibility index (Phi) is 1.93. The Hall–Kier alpha value is -0.0600. The van der Waals surface area contributed by atoms with Crippen molar-refractivity contribution >= 4 is 29.0 Å². The molecule has 2 aliphatic rings. The molecule has 2 nitrogen and oxygen atoms in total. The largest absolute Gasteiger partial charge is 0.394 e. The molecule has 0 aromatic carbocycles. The molecule has 2 rings (SSSR count). The van der Waals surface area contributed by atoms with Crippen LogP contribution in [0.5, 0.6) is 0 Å². The summed E-state index contributed by atoms with van der Waals surface area (Å²) in [5.41, 5.74) is -0.236. The Morgan fingerprint density at radius 2 is 2.42 bits per heavy atom. The van der Waals surface area contributed by atoms with E-state index in [0.29, 0.717) is 11.8 Å². The lowest BCUT2D eigenvalue weighted by molar-refractivity contribution is -0.143. The van der Waals surface area contributed by atoms with Crippen LogP contribution in [0.2, 0.25) is 0 Å².